The van der Waals surface area contributed by atoms with Crippen LogP contribution in [-0.2, 0) is 0 Å². The third kappa shape index (κ3) is 3.38. The third-order valence-electron chi connectivity index (χ3n) is 3.37. The van der Waals surface area contributed by atoms with Gasteiger partial charge in [-0.1, -0.05) is 39.3 Å². The lowest BCUT2D eigenvalue weighted by Crippen LogP contribution is -2.45. The van der Waals surface area contributed by atoms with E-state index in [1.165, 1.54) is 12.8 Å². The van der Waals surface area contributed by atoms with E-state index in [1.54, 1.807) is 0 Å². The molecule has 0 bridgehead atoms. The van der Waals surface area contributed by atoms with E-state index in [-0.39, 0.29) is 5.54 Å². The van der Waals surface area contributed by atoms with Crippen LogP contribution in [-0.4, -0.2) is 5.54 Å². The first-order valence-corrected chi connectivity index (χ1v) is 5.88. The van der Waals surface area contributed by atoms with Gasteiger partial charge >= 0.3 is 0 Å². The van der Waals surface area contributed by atoms with Gasteiger partial charge in [0.1, 0.15) is 0 Å². The van der Waals surface area contributed by atoms with Gasteiger partial charge in [0.2, 0.25) is 0 Å². The van der Waals surface area contributed by atoms with E-state index in [0.29, 0.717) is 5.92 Å². The molecule has 15 heavy (non-hydrogen) atoms. The summed E-state index contributed by atoms with van der Waals surface area (Å²) in [6, 6.07) is 0. The van der Waals surface area contributed by atoms with Gasteiger partial charge in [0.25, 0.3) is 0 Å². The van der Waals surface area contributed by atoms with E-state index in [4.69, 9.17) is 11.5 Å². The van der Waals surface area contributed by atoms with Gasteiger partial charge in [0, 0.05) is 11.2 Å². The molecule has 1 aliphatic carbocycles. The molecule has 0 aromatic heterocycles. The Morgan fingerprint density at radius 2 is 2.00 bits per heavy atom. The van der Waals surface area contributed by atoms with E-state index in [1.807, 2.05) is 12.2 Å². The van der Waals surface area contributed by atoms with E-state index in [9.17, 15) is 0 Å². The summed E-state index contributed by atoms with van der Waals surface area (Å²) in [4.78, 5) is 0. The molecule has 2 unspecified atom stereocenters. The second kappa shape index (κ2) is 4.84. The fraction of sp³-hybridized carbons (Fsp3) is 0.692. The smallest absolute Gasteiger partial charge is 0.0404 e. The molecule has 0 aliphatic heterocycles. The van der Waals surface area contributed by atoms with Crippen molar-refractivity contribution in [2.24, 2.45) is 23.3 Å². The topological polar surface area (TPSA) is 52.0 Å². The Morgan fingerprint density at radius 1 is 1.33 bits per heavy atom. The maximum absolute atomic E-state index is 6.36. The van der Waals surface area contributed by atoms with Crippen molar-refractivity contribution in [1.29, 1.82) is 0 Å². The number of nitrogens with two attached hydrogens (primary N) is 2. The molecule has 0 spiro atoms. The molecule has 0 radical (unpaired) electrons. The van der Waals surface area contributed by atoms with Crippen molar-refractivity contribution in [2.75, 3.05) is 0 Å². The van der Waals surface area contributed by atoms with Crippen molar-refractivity contribution >= 4 is 0 Å². The average Bonchev–Trinajstić information content (AvgIpc) is 2.19. The minimum Gasteiger partial charge on any atom is -0.399 e. The van der Waals surface area contributed by atoms with Gasteiger partial charge in [0.15, 0.2) is 0 Å². The zero-order valence-corrected chi connectivity index (χ0v) is 10.2. The van der Waals surface area contributed by atoms with Gasteiger partial charge in [-0.2, -0.15) is 0 Å². The van der Waals surface area contributed by atoms with Crippen molar-refractivity contribution in [3.8, 4) is 0 Å². The molecule has 1 aliphatic rings. The molecule has 0 saturated carbocycles. The summed E-state index contributed by atoms with van der Waals surface area (Å²) < 4.78 is 0. The Kier molecular flexibility index (Phi) is 3.97. The Morgan fingerprint density at radius 3 is 2.47 bits per heavy atom. The molecule has 0 aromatic rings. The van der Waals surface area contributed by atoms with Gasteiger partial charge in [0.05, 0.1) is 0 Å². The molecule has 2 heteroatoms. The van der Waals surface area contributed by atoms with Gasteiger partial charge < -0.3 is 11.5 Å². The van der Waals surface area contributed by atoms with Crippen LogP contribution in [0.3, 0.4) is 0 Å². The fourth-order valence-corrected chi connectivity index (χ4v) is 1.90. The predicted octanol–water partition coefficient (Wildman–Crippen LogP) is 2.56. The molecule has 2 nitrogen and oxygen atoms in total. The fourth-order valence-electron chi connectivity index (χ4n) is 1.90. The maximum Gasteiger partial charge on any atom is 0.0404 e. The van der Waals surface area contributed by atoms with Crippen LogP contribution in [0, 0.1) is 11.8 Å². The highest BCUT2D eigenvalue weighted by atomic mass is 14.8. The number of hydrogen-bond donors (Lipinski definition) is 2. The molecule has 0 heterocycles. The third-order valence-corrected chi connectivity index (χ3v) is 3.37. The quantitative estimate of drug-likeness (QED) is 0.746. The normalized spacial score (nSPS) is 27.9. The number of rotatable bonds is 4. The van der Waals surface area contributed by atoms with Crippen LogP contribution >= 0.6 is 0 Å². The Hall–Kier alpha value is -0.760. The van der Waals surface area contributed by atoms with Crippen LogP contribution < -0.4 is 11.5 Å². The SMILES string of the molecule is CC(C)CCC(C)C1(N)C=CC(N)=CC1. The molecule has 0 aromatic carbocycles. The van der Waals surface area contributed by atoms with Crippen molar-refractivity contribution < 1.29 is 0 Å². The summed E-state index contributed by atoms with van der Waals surface area (Å²) in [7, 11) is 0. The molecule has 0 saturated heterocycles. The zero-order chi connectivity index (χ0) is 11.5. The molecule has 0 amide bonds. The number of allylic oxidation sites excluding steroid dienone is 1. The van der Waals surface area contributed by atoms with Crippen LogP contribution in [0.25, 0.3) is 0 Å². The summed E-state index contributed by atoms with van der Waals surface area (Å²) in [5, 5.41) is 0. The molecule has 1 rings (SSSR count). The second-order valence-electron chi connectivity index (χ2n) is 5.23. The van der Waals surface area contributed by atoms with Crippen LogP contribution in [0.5, 0.6) is 0 Å². The lowest BCUT2D eigenvalue weighted by Gasteiger charge is -2.34. The van der Waals surface area contributed by atoms with Crippen LogP contribution in [0.1, 0.15) is 40.0 Å². The summed E-state index contributed by atoms with van der Waals surface area (Å²) in [5.41, 5.74) is 12.7. The van der Waals surface area contributed by atoms with Crippen LogP contribution in [0.4, 0.5) is 0 Å². The minimum atomic E-state index is -0.183. The Labute approximate surface area is 93.4 Å². The molecule has 86 valence electrons. The van der Waals surface area contributed by atoms with Crippen molar-refractivity contribution in [1.82, 2.24) is 0 Å². The molecular weight excluding hydrogens is 184 g/mol. The first kappa shape index (κ1) is 12.3. The van der Waals surface area contributed by atoms with Gasteiger partial charge in [-0.15, -0.1) is 0 Å². The summed E-state index contributed by atoms with van der Waals surface area (Å²) in [6.07, 6.45) is 9.35. The Bertz CT molecular complexity index is 266. The van der Waals surface area contributed by atoms with E-state index in [2.05, 4.69) is 26.8 Å². The van der Waals surface area contributed by atoms with Crippen molar-refractivity contribution in [2.45, 2.75) is 45.6 Å². The van der Waals surface area contributed by atoms with Gasteiger partial charge in [-0.25, -0.2) is 0 Å². The van der Waals surface area contributed by atoms with Gasteiger partial charge in [-0.05, 0) is 30.8 Å². The van der Waals surface area contributed by atoms with E-state index < -0.39 is 0 Å². The zero-order valence-electron chi connectivity index (χ0n) is 10.2. The first-order valence-electron chi connectivity index (χ1n) is 5.88. The Balaban J connectivity index is 2.52. The highest BCUT2D eigenvalue weighted by molar-refractivity contribution is 5.27. The summed E-state index contributed by atoms with van der Waals surface area (Å²) in [6.45, 7) is 6.75. The lowest BCUT2D eigenvalue weighted by atomic mass is 9.77. The van der Waals surface area contributed by atoms with Gasteiger partial charge in [-0.3, -0.25) is 0 Å². The van der Waals surface area contributed by atoms with E-state index >= 15 is 0 Å². The van der Waals surface area contributed by atoms with Crippen LogP contribution in [0.15, 0.2) is 23.9 Å². The second-order valence-corrected chi connectivity index (χ2v) is 5.23. The standard InChI is InChI=1S/C13H24N2/c1-10(2)4-5-11(3)13(15)8-6-12(14)7-9-13/h6-8,10-11H,4-5,9,14-15H2,1-3H3. The summed E-state index contributed by atoms with van der Waals surface area (Å²) >= 11 is 0. The molecule has 4 N–H and O–H groups in total. The van der Waals surface area contributed by atoms with Crippen LogP contribution in [0.2, 0.25) is 0 Å². The molecular formula is C13H24N2. The highest BCUT2D eigenvalue weighted by Gasteiger charge is 2.29. The average molecular weight is 208 g/mol. The predicted molar refractivity (Wildman–Crippen MR) is 66.2 cm³/mol. The molecule has 0 fully saturated rings. The molecule has 2 atom stereocenters. The highest BCUT2D eigenvalue weighted by Crippen LogP contribution is 2.29. The monoisotopic (exact) mass is 208 g/mol. The summed E-state index contributed by atoms with van der Waals surface area (Å²) in [5.74, 6) is 1.27. The largest absolute Gasteiger partial charge is 0.399 e. The minimum absolute atomic E-state index is 0.183. The van der Waals surface area contributed by atoms with E-state index in [0.717, 1.165) is 18.0 Å². The maximum atomic E-state index is 6.36. The number of hydrogen-bond acceptors (Lipinski definition) is 2. The van der Waals surface area contributed by atoms with Crippen molar-refractivity contribution in [3.05, 3.63) is 23.9 Å². The van der Waals surface area contributed by atoms with Crippen molar-refractivity contribution in [3.63, 3.8) is 0 Å². The first-order chi connectivity index (χ1) is 6.94. The lowest BCUT2D eigenvalue weighted by molar-refractivity contribution is 0.315.